The first-order chi connectivity index (χ1) is 10.4. The van der Waals surface area contributed by atoms with Crippen molar-refractivity contribution in [1.82, 2.24) is 19.2 Å². The predicted octanol–water partition coefficient (Wildman–Crippen LogP) is 0.589. The predicted molar refractivity (Wildman–Crippen MR) is 87.5 cm³/mol. The fourth-order valence-corrected chi connectivity index (χ4v) is 3.44. The molecule has 1 aromatic heterocycles. The molecule has 0 amide bonds. The van der Waals surface area contributed by atoms with E-state index in [1.807, 2.05) is 14.1 Å². The zero-order valence-corrected chi connectivity index (χ0v) is 14.3. The average Bonchev–Trinajstić information content (AvgIpc) is 2.47. The van der Waals surface area contributed by atoms with Crippen LogP contribution in [0.15, 0.2) is 12.4 Å². The zero-order valence-electron chi connectivity index (χ0n) is 13.5. The molecule has 0 radical (unpaired) electrons. The second-order valence-electron chi connectivity index (χ2n) is 6.02. The van der Waals surface area contributed by atoms with Gasteiger partial charge in [-0.15, -0.1) is 0 Å². The molecule has 7 nitrogen and oxygen atoms in total. The van der Waals surface area contributed by atoms with Crippen LogP contribution in [0.1, 0.15) is 24.5 Å². The highest BCUT2D eigenvalue weighted by atomic mass is 32.2. The Morgan fingerprint density at radius 3 is 2.73 bits per heavy atom. The van der Waals surface area contributed by atoms with E-state index in [0.717, 1.165) is 37.4 Å². The second kappa shape index (κ2) is 7.34. The second-order valence-corrected chi connectivity index (χ2v) is 8.00. The molecule has 22 heavy (non-hydrogen) atoms. The molecule has 1 aliphatic rings. The molecule has 1 aliphatic heterocycles. The van der Waals surface area contributed by atoms with Crippen molar-refractivity contribution in [1.29, 1.82) is 0 Å². The number of hydrogen-bond acceptors (Lipinski definition) is 6. The number of likely N-dealkylation sites (N-methyl/N-ethyl adjacent to an activating group) is 1. The van der Waals surface area contributed by atoms with Crippen molar-refractivity contribution >= 4 is 15.8 Å². The molecule has 0 aromatic carbocycles. The van der Waals surface area contributed by atoms with Gasteiger partial charge in [-0.3, -0.25) is 4.98 Å². The molecular formula is C14H25N5O2S. The summed E-state index contributed by atoms with van der Waals surface area (Å²) in [6.07, 6.45) is 6.56. The lowest BCUT2D eigenvalue weighted by atomic mass is 9.96. The molecule has 1 unspecified atom stereocenters. The Hall–Kier alpha value is -1.25. The molecule has 1 N–H and O–H groups in total. The molecule has 1 atom stereocenters. The van der Waals surface area contributed by atoms with Crippen LogP contribution in [-0.2, 0) is 10.0 Å². The lowest BCUT2D eigenvalue weighted by molar-refractivity contribution is 0.314. The van der Waals surface area contributed by atoms with Crippen molar-refractivity contribution in [2.24, 2.45) is 0 Å². The van der Waals surface area contributed by atoms with Gasteiger partial charge in [0.1, 0.15) is 5.82 Å². The molecule has 2 heterocycles. The number of sulfonamides is 1. The van der Waals surface area contributed by atoms with Crippen molar-refractivity contribution in [3.63, 3.8) is 0 Å². The Morgan fingerprint density at radius 1 is 1.36 bits per heavy atom. The third kappa shape index (κ3) is 4.89. The maximum absolute atomic E-state index is 11.7. The number of rotatable bonds is 6. The van der Waals surface area contributed by atoms with Gasteiger partial charge in [-0.2, -0.15) is 0 Å². The van der Waals surface area contributed by atoms with Gasteiger partial charge in [-0.05, 0) is 26.9 Å². The summed E-state index contributed by atoms with van der Waals surface area (Å²) in [5.41, 5.74) is 0.867. The number of anilines is 1. The molecule has 0 bridgehead atoms. The lowest BCUT2D eigenvalue weighted by Gasteiger charge is -2.30. The van der Waals surface area contributed by atoms with Crippen LogP contribution in [0.4, 0.5) is 5.82 Å². The Kier molecular flexibility index (Phi) is 5.71. The Balaban J connectivity index is 1.95. The molecular weight excluding hydrogens is 302 g/mol. The van der Waals surface area contributed by atoms with Crippen LogP contribution in [0.25, 0.3) is 0 Å². The fourth-order valence-electron chi connectivity index (χ4n) is 2.53. The molecule has 1 saturated heterocycles. The van der Waals surface area contributed by atoms with Gasteiger partial charge in [0.15, 0.2) is 0 Å². The van der Waals surface area contributed by atoms with E-state index < -0.39 is 10.0 Å². The van der Waals surface area contributed by atoms with Crippen LogP contribution < -0.4 is 5.32 Å². The molecule has 124 valence electrons. The van der Waals surface area contributed by atoms with E-state index in [0.29, 0.717) is 13.1 Å². The minimum absolute atomic E-state index is 0.131. The molecule has 0 spiro atoms. The maximum Gasteiger partial charge on any atom is 0.211 e. The highest BCUT2D eigenvalue weighted by Crippen LogP contribution is 2.26. The summed E-state index contributed by atoms with van der Waals surface area (Å²) in [5, 5.41) is 3.22. The number of nitrogens with zero attached hydrogens (tertiary/aromatic N) is 4. The summed E-state index contributed by atoms with van der Waals surface area (Å²) < 4.78 is 24.9. The third-order valence-electron chi connectivity index (χ3n) is 3.81. The Bertz CT molecular complexity index is 573. The van der Waals surface area contributed by atoms with Gasteiger partial charge < -0.3 is 10.2 Å². The summed E-state index contributed by atoms with van der Waals surface area (Å²) >= 11 is 0. The summed E-state index contributed by atoms with van der Waals surface area (Å²) in [5.74, 6) is 0.883. The largest absolute Gasteiger partial charge is 0.368 e. The topological polar surface area (TPSA) is 78.4 Å². The van der Waals surface area contributed by atoms with Crippen LogP contribution in [0, 0.1) is 0 Å². The van der Waals surface area contributed by atoms with Gasteiger partial charge in [0.2, 0.25) is 10.0 Å². The number of aromatic nitrogens is 2. The van der Waals surface area contributed by atoms with Crippen LogP contribution in [0.5, 0.6) is 0 Å². The minimum Gasteiger partial charge on any atom is -0.368 e. The SMILES string of the molecule is CN(C)CCNc1cnc(C2CCCN(S(C)(=O)=O)C2)cn1. The standard InChI is InChI=1S/C14H25N5O2S/c1-18(2)8-6-15-14-10-16-13(9-17-14)12-5-4-7-19(11-12)22(3,20)21/h9-10,12H,4-8,11H2,1-3H3,(H,15,17). The zero-order chi connectivity index (χ0) is 16.2. The van der Waals surface area contributed by atoms with Crippen molar-refractivity contribution in [2.45, 2.75) is 18.8 Å². The monoisotopic (exact) mass is 327 g/mol. The van der Waals surface area contributed by atoms with E-state index in [9.17, 15) is 8.42 Å². The summed E-state index contributed by atoms with van der Waals surface area (Å²) in [7, 11) is 0.915. The number of nitrogens with one attached hydrogen (secondary N) is 1. The number of hydrogen-bond donors (Lipinski definition) is 1. The third-order valence-corrected chi connectivity index (χ3v) is 5.08. The fraction of sp³-hybridized carbons (Fsp3) is 0.714. The first kappa shape index (κ1) is 17.1. The van der Waals surface area contributed by atoms with Gasteiger partial charge in [0, 0.05) is 32.1 Å². The lowest BCUT2D eigenvalue weighted by Crippen LogP contribution is -2.38. The van der Waals surface area contributed by atoms with E-state index in [-0.39, 0.29) is 5.92 Å². The van der Waals surface area contributed by atoms with Crippen molar-refractivity contribution in [2.75, 3.05) is 51.8 Å². The first-order valence-electron chi connectivity index (χ1n) is 7.52. The van der Waals surface area contributed by atoms with Gasteiger partial charge in [0.25, 0.3) is 0 Å². The molecule has 0 saturated carbocycles. The van der Waals surface area contributed by atoms with Crippen LogP contribution >= 0.6 is 0 Å². The smallest absolute Gasteiger partial charge is 0.211 e. The minimum atomic E-state index is -3.13. The van der Waals surface area contributed by atoms with E-state index in [4.69, 9.17) is 0 Å². The summed E-state index contributed by atoms with van der Waals surface area (Å²) in [6.45, 7) is 2.84. The van der Waals surface area contributed by atoms with Crippen molar-refractivity contribution in [3.8, 4) is 0 Å². The highest BCUT2D eigenvalue weighted by molar-refractivity contribution is 7.88. The van der Waals surface area contributed by atoms with Crippen LogP contribution in [-0.4, -0.2) is 74.1 Å². The van der Waals surface area contributed by atoms with Crippen LogP contribution in [0.3, 0.4) is 0 Å². The summed E-state index contributed by atoms with van der Waals surface area (Å²) in [6, 6.07) is 0. The molecule has 2 rings (SSSR count). The van der Waals surface area contributed by atoms with Crippen molar-refractivity contribution < 1.29 is 8.42 Å². The Labute approximate surface area is 132 Å². The van der Waals surface area contributed by atoms with E-state index in [1.54, 1.807) is 12.4 Å². The molecule has 8 heteroatoms. The normalized spacial score (nSPS) is 20.3. The summed E-state index contributed by atoms with van der Waals surface area (Å²) in [4.78, 5) is 10.9. The Morgan fingerprint density at radius 2 is 2.14 bits per heavy atom. The average molecular weight is 327 g/mol. The molecule has 1 fully saturated rings. The van der Waals surface area contributed by atoms with E-state index >= 15 is 0 Å². The first-order valence-corrected chi connectivity index (χ1v) is 9.37. The van der Waals surface area contributed by atoms with Gasteiger partial charge in [-0.1, -0.05) is 0 Å². The molecule has 0 aliphatic carbocycles. The quantitative estimate of drug-likeness (QED) is 0.824. The van der Waals surface area contributed by atoms with Gasteiger partial charge >= 0.3 is 0 Å². The molecule has 1 aromatic rings. The highest BCUT2D eigenvalue weighted by Gasteiger charge is 2.27. The van der Waals surface area contributed by atoms with E-state index in [2.05, 4.69) is 20.2 Å². The van der Waals surface area contributed by atoms with E-state index in [1.165, 1.54) is 10.6 Å². The number of piperidine rings is 1. The van der Waals surface area contributed by atoms with Crippen LogP contribution in [0.2, 0.25) is 0 Å². The maximum atomic E-state index is 11.7. The van der Waals surface area contributed by atoms with Gasteiger partial charge in [-0.25, -0.2) is 17.7 Å². The van der Waals surface area contributed by atoms with Gasteiger partial charge in [0.05, 0.1) is 24.3 Å². The van der Waals surface area contributed by atoms with Crippen molar-refractivity contribution in [3.05, 3.63) is 18.1 Å².